The topological polar surface area (TPSA) is 238 Å². The number of ketones is 1. The molecule has 0 amide bonds. The second-order valence-corrected chi connectivity index (χ2v) is 24.4. The fourth-order valence-electron chi connectivity index (χ4n) is 7.42. The lowest BCUT2D eigenvalue weighted by molar-refractivity contribution is 0.0522. The van der Waals surface area contributed by atoms with Gasteiger partial charge in [-0.25, -0.2) is 24.5 Å². The van der Waals surface area contributed by atoms with Gasteiger partial charge in [0.2, 0.25) is 10.6 Å². The summed E-state index contributed by atoms with van der Waals surface area (Å²) in [5.74, 6) is 1.35. The quantitative estimate of drug-likeness (QED) is 0.0737. The molecule has 1 atom stereocenters. The van der Waals surface area contributed by atoms with Crippen LogP contribution in [0.4, 0.5) is 27.8 Å². The van der Waals surface area contributed by atoms with Crippen LogP contribution in [0.15, 0.2) is 141 Å². The molecule has 8 heterocycles. The van der Waals surface area contributed by atoms with Crippen molar-refractivity contribution in [3.05, 3.63) is 163 Å². The van der Waals surface area contributed by atoms with E-state index in [4.69, 9.17) is 43.5 Å². The molecule has 84 heavy (non-hydrogen) atoms. The van der Waals surface area contributed by atoms with Gasteiger partial charge in [-0.2, -0.15) is 14.8 Å². The van der Waals surface area contributed by atoms with Gasteiger partial charge in [-0.05, 0) is 157 Å². The van der Waals surface area contributed by atoms with Crippen LogP contribution >= 0.6 is 77.7 Å². The Morgan fingerprint density at radius 2 is 1.56 bits per heavy atom. The molecule has 0 aliphatic carbocycles. The first-order valence-electron chi connectivity index (χ1n) is 25.6. The molecule has 6 N–H and O–H groups in total. The summed E-state index contributed by atoms with van der Waals surface area (Å²) in [5.41, 5.74) is 12.1. The number of aliphatic imine (C=N–C) groups is 1. The number of Topliss-reactive ketones (excluding diaryl/α,β-unsaturated/α-hetero) is 1. The first kappa shape index (κ1) is 67.8. The summed E-state index contributed by atoms with van der Waals surface area (Å²) >= 11 is 21.3. The lowest BCUT2D eigenvalue weighted by atomic mass is 10.1. The second kappa shape index (κ2) is 31.8. The van der Waals surface area contributed by atoms with E-state index in [-0.39, 0.29) is 31.2 Å². The Hall–Kier alpha value is -6.95. The van der Waals surface area contributed by atoms with Gasteiger partial charge in [-0.15, -0.1) is 22.7 Å². The van der Waals surface area contributed by atoms with Gasteiger partial charge in [0, 0.05) is 73.3 Å². The molecule has 10 aromatic rings. The van der Waals surface area contributed by atoms with Crippen molar-refractivity contribution >= 4 is 172 Å². The number of carbonyl (C=O) groups is 3. The number of carboxylic acids is 1. The number of aromatic nitrogens is 7. The van der Waals surface area contributed by atoms with Crippen molar-refractivity contribution in [3.63, 3.8) is 0 Å². The van der Waals surface area contributed by atoms with Gasteiger partial charge in [-0.1, -0.05) is 97.8 Å². The van der Waals surface area contributed by atoms with Crippen LogP contribution < -0.4 is 16.4 Å². The number of nitrogens with two attached hydrogens (primary N) is 1. The summed E-state index contributed by atoms with van der Waals surface area (Å²) in [6, 6.07) is 32.8. The number of fused-ring (bicyclic) bond motifs is 4. The van der Waals surface area contributed by atoms with Gasteiger partial charge in [-0.3, -0.25) is 9.79 Å². The van der Waals surface area contributed by atoms with E-state index in [1.54, 1.807) is 48.9 Å². The summed E-state index contributed by atoms with van der Waals surface area (Å²) in [5, 5.41) is 24.5. The van der Waals surface area contributed by atoms with Crippen molar-refractivity contribution in [2.24, 2.45) is 16.6 Å². The number of ether oxygens (including phenoxy) is 2. The third-order valence-electron chi connectivity index (χ3n) is 11.1. The van der Waals surface area contributed by atoms with Crippen LogP contribution in [0, 0.1) is 5.92 Å². The van der Waals surface area contributed by atoms with Crippen molar-refractivity contribution in [3.8, 4) is 0 Å². The third kappa shape index (κ3) is 20.4. The van der Waals surface area contributed by atoms with Crippen LogP contribution in [-0.2, 0) is 9.47 Å². The van der Waals surface area contributed by atoms with Gasteiger partial charge in [0.25, 0.3) is 0 Å². The molecule has 12 rings (SSSR count). The largest absolute Gasteiger partial charge is 0.477 e. The summed E-state index contributed by atoms with van der Waals surface area (Å²) in [4.78, 5) is 57.9. The predicted molar refractivity (Wildman–Crippen MR) is 355 cm³/mol. The Bertz CT molecular complexity index is 3800. The SMILES string of the molecule is C.C.CC(=O)c1cc2ccc(Br)cc2[nH]1.CC(C)(C)OC(=O)n1ncc2cc(Nc3ccnc(Cl)n3)ccc21.CC(C)C.Clc1nc(Nc2ccc(C3=CCN=C3)cc2)c2sccc2n1.NC1CCOC1.O=C(O)c1cc2ccc(Br)cc2s1. The normalized spacial score (nSPS) is 13.0. The predicted octanol–water partition coefficient (Wildman–Crippen LogP) is 17.7. The Balaban J connectivity index is 0.000000197. The van der Waals surface area contributed by atoms with Crippen molar-refractivity contribution < 1.29 is 29.0 Å². The number of aromatic carboxylic acids is 1. The molecular formula is C61H67Br2Cl2N11O6S2. The molecule has 2 aliphatic rings. The molecule has 0 spiro atoms. The number of nitrogens with one attached hydrogen (secondary N) is 3. The number of halogens is 4. The van der Waals surface area contributed by atoms with Gasteiger partial charge in [0.05, 0.1) is 40.8 Å². The second-order valence-electron chi connectivity index (χ2n) is 19.9. The first-order chi connectivity index (χ1) is 39.1. The van der Waals surface area contributed by atoms with E-state index >= 15 is 0 Å². The third-order valence-corrected chi connectivity index (χ3v) is 14.4. The van der Waals surface area contributed by atoms with Gasteiger partial charge >= 0.3 is 12.1 Å². The summed E-state index contributed by atoms with van der Waals surface area (Å²) < 4.78 is 15.5. The number of allylic oxidation sites excluding steroid dienone is 1. The number of carbonyl (C=O) groups excluding carboxylic acids is 2. The number of thiophene rings is 2. The zero-order chi connectivity index (χ0) is 59.1. The van der Waals surface area contributed by atoms with Crippen molar-refractivity contribution in [2.45, 2.75) is 81.4 Å². The highest BCUT2D eigenvalue weighted by Gasteiger charge is 2.20. The number of benzene rings is 4. The maximum Gasteiger partial charge on any atom is 0.435 e. The molecule has 442 valence electrons. The molecule has 6 aromatic heterocycles. The fraction of sp³-hybridized carbons (Fsp3) is 0.262. The van der Waals surface area contributed by atoms with Crippen molar-refractivity contribution in [2.75, 3.05) is 30.4 Å². The molecule has 1 fully saturated rings. The van der Waals surface area contributed by atoms with E-state index in [9.17, 15) is 14.4 Å². The van der Waals surface area contributed by atoms with Crippen molar-refractivity contribution in [1.82, 2.24) is 34.7 Å². The summed E-state index contributed by atoms with van der Waals surface area (Å²) in [6.07, 6.45) is 7.72. The molecule has 1 saturated heterocycles. The molecular weight excluding hydrogens is 1280 g/mol. The molecule has 4 aromatic carbocycles. The minimum Gasteiger partial charge on any atom is -0.477 e. The Morgan fingerprint density at radius 1 is 0.857 bits per heavy atom. The van der Waals surface area contributed by atoms with E-state index in [1.807, 2.05) is 105 Å². The number of nitrogens with zero attached hydrogens (tertiary/aromatic N) is 7. The molecule has 1 unspecified atom stereocenters. The zero-order valence-electron chi connectivity index (χ0n) is 45.7. The number of H-pyrrole nitrogens is 1. The molecule has 17 nitrogen and oxygen atoms in total. The van der Waals surface area contributed by atoms with Crippen LogP contribution in [0.25, 0.3) is 47.7 Å². The molecule has 0 bridgehead atoms. The first-order valence-corrected chi connectivity index (χ1v) is 29.6. The molecule has 0 saturated carbocycles. The lowest BCUT2D eigenvalue weighted by Gasteiger charge is -2.19. The number of rotatable bonds is 7. The highest BCUT2D eigenvalue weighted by Crippen LogP contribution is 2.31. The maximum atomic E-state index is 12.2. The van der Waals surface area contributed by atoms with E-state index < -0.39 is 17.7 Å². The minimum atomic E-state index is -0.864. The highest BCUT2D eigenvalue weighted by atomic mass is 79.9. The van der Waals surface area contributed by atoms with Crippen LogP contribution in [0.3, 0.4) is 0 Å². The summed E-state index contributed by atoms with van der Waals surface area (Å²) in [6.45, 7) is 15.9. The van der Waals surface area contributed by atoms with Gasteiger partial charge in [0.1, 0.15) is 16.3 Å². The van der Waals surface area contributed by atoms with E-state index in [1.165, 1.54) is 16.0 Å². The highest BCUT2D eigenvalue weighted by molar-refractivity contribution is 9.10. The van der Waals surface area contributed by atoms with Crippen molar-refractivity contribution in [1.29, 1.82) is 0 Å². The number of hydrogen-bond donors (Lipinski definition) is 5. The number of hydrogen-bond acceptors (Lipinski definition) is 16. The Kier molecular flexibility index (Phi) is 25.7. The number of anilines is 4. The molecule has 2 aliphatic heterocycles. The van der Waals surface area contributed by atoms with Crippen LogP contribution in [0.2, 0.25) is 10.6 Å². The summed E-state index contributed by atoms with van der Waals surface area (Å²) in [7, 11) is 0. The molecule has 0 radical (unpaired) electrons. The van der Waals surface area contributed by atoms with E-state index in [2.05, 4.69) is 116 Å². The monoisotopic (exact) mass is 1340 g/mol. The maximum absolute atomic E-state index is 12.2. The van der Waals surface area contributed by atoms with E-state index in [0.29, 0.717) is 27.9 Å². The standard InChI is InChI=1S/C16H16ClN5O2.C16H11ClN4S.C10H8BrNO.C9H5BrO2S.C4H9NO.C4H10.2CH4/c1-16(2,3)24-15(23)22-12-5-4-11(8-10(12)9-19-22)20-13-6-7-18-14(17)21-13;17-16-20-13-6-8-22-14(13)15(21-16)19-12-3-1-10(2-4-12)11-5-7-18-9-11;1-6(13)9-4-7-2-3-8(11)5-10(7)12-9;10-6-2-1-5-3-8(9(11)12)13-7(5)4-6;5-4-1-2-6-3-4;1-4(2)3;;/h4-9H,1-3H3,(H,18,20,21);1-6,8-9H,7H2,(H,19,20,21);2-5,12H,1H3;1-4H,(H,11,12);4H,1-3,5H2;4H,1-3H3;2*1H4. The fourth-order valence-corrected chi connectivity index (χ4v) is 10.3. The van der Waals surface area contributed by atoms with E-state index in [0.717, 1.165) is 106 Å². The van der Waals surface area contributed by atoms with Gasteiger partial charge in [0.15, 0.2) is 11.6 Å². The average molecular weight is 1350 g/mol. The Morgan fingerprint density at radius 3 is 2.18 bits per heavy atom. The zero-order valence-corrected chi connectivity index (χ0v) is 52.0. The molecule has 23 heteroatoms. The number of aromatic amines is 1. The smallest absolute Gasteiger partial charge is 0.435 e. The minimum absolute atomic E-state index is 0. The number of carboxylic acid groups (broad SMARTS) is 1. The van der Waals surface area contributed by atoms with Crippen LogP contribution in [-0.4, -0.2) is 95.3 Å². The van der Waals surface area contributed by atoms with Crippen LogP contribution in [0.1, 0.15) is 95.5 Å². The average Bonchev–Trinajstić information content (AvgIpc) is 4.27. The van der Waals surface area contributed by atoms with Gasteiger partial charge < -0.3 is 35.9 Å². The van der Waals surface area contributed by atoms with Crippen LogP contribution in [0.5, 0.6) is 0 Å². The lowest BCUT2D eigenvalue weighted by Crippen LogP contribution is -2.27. The Labute approximate surface area is 523 Å².